The molecule has 1 fully saturated rings. The zero-order valence-corrected chi connectivity index (χ0v) is 30.1. The summed E-state index contributed by atoms with van der Waals surface area (Å²) in [6.45, 7) is 0.442. The van der Waals surface area contributed by atoms with Crippen LogP contribution >= 0.6 is 0 Å². The first kappa shape index (κ1) is 36.6. The van der Waals surface area contributed by atoms with Gasteiger partial charge < -0.3 is 38.8 Å². The monoisotopic (exact) mass is 731 g/mol. The fourth-order valence-corrected chi connectivity index (χ4v) is 6.71. The van der Waals surface area contributed by atoms with E-state index in [4.69, 9.17) is 28.4 Å². The van der Waals surface area contributed by atoms with E-state index in [1.807, 2.05) is 84.9 Å². The van der Waals surface area contributed by atoms with E-state index in [2.05, 4.69) is 20.3 Å². The number of fused-ring (bicyclic) bond motifs is 1. The molecule has 0 bridgehead atoms. The lowest BCUT2D eigenvalue weighted by Gasteiger charge is -2.37. The van der Waals surface area contributed by atoms with Gasteiger partial charge in [-0.05, 0) is 53.1 Å². The lowest BCUT2D eigenvalue weighted by molar-refractivity contribution is -0.0970. The van der Waals surface area contributed by atoms with Crippen molar-refractivity contribution < 1.29 is 38.3 Å². The molecule has 0 spiro atoms. The molecule has 2 N–H and O–H groups in total. The number of anilines is 1. The molecule has 0 aliphatic carbocycles. The van der Waals surface area contributed by atoms with Crippen molar-refractivity contribution in [3.8, 4) is 11.5 Å². The van der Waals surface area contributed by atoms with Gasteiger partial charge in [-0.2, -0.15) is 0 Å². The number of nitrogens with zero attached hydrogens (tertiary/aromatic N) is 4. The van der Waals surface area contributed by atoms with E-state index in [9.17, 15) is 9.90 Å². The third-order valence-corrected chi connectivity index (χ3v) is 9.45. The second-order valence-electron chi connectivity index (χ2n) is 12.6. The van der Waals surface area contributed by atoms with Gasteiger partial charge in [0.05, 0.1) is 40.4 Å². The molecule has 3 heterocycles. The van der Waals surface area contributed by atoms with Crippen LogP contribution in [0.3, 0.4) is 0 Å². The van der Waals surface area contributed by atoms with Crippen LogP contribution in [0.15, 0.2) is 122 Å². The first-order chi connectivity index (χ1) is 26.5. The maximum atomic E-state index is 13.0. The molecule has 4 atom stereocenters. The Hall–Kier alpha value is -5.70. The van der Waals surface area contributed by atoms with E-state index >= 15 is 0 Å². The van der Waals surface area contributed by atoms with E-state index in [0.29, 0.717) is 34.8 Å². The summed E-state index contributed by atoms with van der Waals surface area (Å²) in [7, 11) is 4.82. The summed E-state index contributed by atoms with van der Waals surface area (Å²) in [6, 6.07) is 34.1. The van der Waals surface area contributed by atoms with Crippen LogP contribution in [0.2, 0.25) is 0 Å². The van der Waals surface area contributed by atoms with Gasteiger partial charge in [0, 0.05) is 12.7 Å². The number of benzene rings is 4. The minimum atomic E-state index is -1.14. The number of hydrogen-bond donors (Lipinski definition) is 2. The molecule has 0 radical (unpaired) electrons. The number of aromatic nitrogens is 4. The Labute approximate surface area is 312 Å². The van der Waals surface area contributed by atoms with Gasteiger partial charge in [-0.15, -0.1) is 0 Å². The highest BCUT2D eigenvalue weighted by atomic mass is 16.6. The SMILES string of the molecule is COCCO[C@H]1[C@@H](O)[C@@H](COC(c2ccccc2)(c2ccc(OC)cc2)c2ccc(OC)cc2)O[C@@H]1n1cnc2c(NC(=O)c3ccccc3)ncnc21. The van der Waals surface area contributed by atoms with Crippen LogP contribution in [-0.4, -0.2) is 90.0 Å². The van der Waals surface area contributed by atoms with Crippen molar-refractivity contribution in [3.05, 3.63) is 144 Å². The van der Waals surface area contributed by atoms with Gasteiger partial charge in [0.15, 0.2) is 23.2 Å². The molecule has 13 nitrogen and oxygen atoms in total. The topological polar surface area (TPSA) is 148 Å². The highest BCUT2D eigenvalue weighted by molar-refractivity contribution is 6.06. The fourth-order valence-electron chi connectivity index (χ4n) is 6.71. The van der Waals surface area contributed by atoms with Crippen molar-refractivity contribution in [2.45, 2.75) is 30.1 Å². The number of methoxy groups -OCH3 is 3. The molecule has 0 unspecified atom stereocenters. The molecule has 1 aliphatic heterocycles. The van der Waals surface area contributed by atoms with Crippen LogP contribution < -0.4 is 14.8 Å². The Kier molecular flexibility index (Phi) is 11.2. The van der Waals surface area contributed by atoms with Crippen molar-refractivity contribution in [3.63, 3.8) is 0 Å². The molecule has 4 aromatic carbocycles. The smallest absolute Gasteiger partial charge is 0.256 e. The van der Waals surface area contributed by atoms with Crippen LogP contribution in [0.1, 0.15) is 33.3 Å². The molecule has 6 aromatic rings. The van der Waals surface area contributed by atoms with E-state index in [1.165, 1.54) is 12.7 Å². The van der Waals surface area contributed by atoms with Crippen LogP contribution in [0.5, 0.6) is 11.5 Å². The zero-order valence-electron chi connectivity index (χ0n) is 30.1. The zero-order chi connectivity index (χ0) is 37.5. The normalized spacial score (nSPS) is 18.4. The van der Waals surface area contributed by atoms with Crippen molar-refractivity contribution in [2.24, 2.45) is 0 Å². The molecular formula is C41H41N5O8. The number of hydrogen-bond acceptors (Lipinski definition) is 11. The highest BCUT2D eigenvalue weighted by Gasteiger charge is 2.48. The van der Waals surface area contributed by atoms with E-state index in [1.54, 1.807) is 50.2 Å². The molecule has 1 saturated heterocycles. The van der Waals surface area contributed by atoms with Crippen molar-refractivity contribution in [2.75, 3.05) is 46.5 Å². The number of aliphatic hydroxyl groups excluding tert-OH is 1. The number of carbonyl (C=O) groups excluding carboxylic acids is 1. The van der Waals surface area contributed by atoms with Gasteiger partial charge in [-0.25, -0.2) is 15.0 Å². The largest absolute Gasteiger partial charge is 0.497 e. The lowest BCUT2D eigenvalue weighted by atomic mass is 9.80. The van der Waals surface area contributed by atoms with Gasteiger partial charge in [0.2, 0.25) is 0 Å². The van der Waals surface area contributed by atoms with Crippen LogP contribution in [0.25, 0.3) is 11.2 Å². The number of imidazole rings is 1. The Morgan fingerprint density at radius 1 is 0.796 bits per heavy atom. The second-order valence-corrected chi connectivity index (χ2v) is 12.6. The van der Waals surface area contributed by atoms with Gasteiger partial charge in [0.1, 0.15) is 41.7 Å². The quantitative estimate of drug-likeness (QED) is 0.103. The third kappa shape index (κ3) is 7.27. The number of ether oxygens (including phenoxy) is 6. The lowest BCUT2D eigenvalue weighted by Crippen LogP contribution is -2.40. The van der Waals surface area contributed by atoms with Crippen LogP contribution in [0, 0.1) is 0 Å². The molecule has 278 valence electrons. The Morgan fingerprint density at radius 2 is 1.41 bits per heavy atom. The summed E-state index contributed by atoms with van der Waals surface area (Å²) < 4.78 is 37.8. The van der Waals surface area contributed by atoms with Gasteiger partial charge >= 0.3 is 0 Å². The van der Waals surface area contributed by atoms with Crippen molar-refractivity contribution in [1.82, 2.24) is 19.5 Å². The summed E-state index contributed by atoms with van der Waals surface area (Å²) in [5.74, 6) is 1.28. The Balaban J connectivity index is 1.24. The predicted octanol–water partition coefficient (Wildman–Crippen LogP) is 5.39. The average molecular weight is 732 g/mol. The minimum Gasteiger partial charge on any atom is -0.497 e. The first-order valence-corrected chi connectivity index (χ1v) is 17.4. The standard InChI is InChI=1S/C41H41N5O8/c1-49-22-23-52-36-35(47)33(54-40(36)46-26-44-34-37(42-25-43-38(34)46)45-39(48)27-10-6-4-7-11-27)24-53-41(28-12-8-5-9-13-28,29-14-18-31(50-2)19-15-29)30-16-20-32(51-3)21-17-30/h4-21,25-26,33,35-36,40,47H,22-24H2,1-3H3,(H,42,43,45,48)/t33-,35+,36+,40+/m1/s1. The minimum absolute atomic E-state index is 0.0469. The molecule has 2 aromatic heterocycles. The number of aliphatic hydroxyl groups is 1. The number of nitrogens with one attached hydrogen (secondary N) is 1. The number of rotatable bonds is 15. The molecule has 1 aliphatic rings. The molecule has 13 heteroatoms. The maximum Gasteiger partial charge on any atom is 0.256 e. The maximum absolute atomic E-state index is 13.0. The van der Waals surface area contributed by atoms with E-state index in [-0.39, 0.29) is 24.9 Å². The Morgan fingerprint density at radius 3 is 2.02 bits per heavy atom. The summed E-state index contributed by atoms with van der Waals surface area (Å²) >= 11 is 0. The fraction of sp³-hybridized carbons (Fsp3) is 0.268. The summed E-state index contributed by atoms with van der Waals surface area (Å²) in [4.78, 5) is 26.3. The van der Waals surface area contributed by atoms with Gasteiger partial charge in [-0.1, -0.05) is 72.8 Å². The van der Waals surface area contributed by atoms with Gasteiger partial charge in [-0.3, -0.25) is 9.36 Å². The van der Waals surface area contributed by atoms with Crippen LogP contribution in [-0.2, 0) is 24.5 Å². The first-order valence-electron chi connectivity index (χ1n) is 17.4. The Bertz CT molecular complexity index is 2080. The van der Waals surface area contributed by atoms with E-state index in [0.717, 1.165) is 16.7 Å². The molecule has 7 rings (SSSR count). The van der Waals surface area contributed by atoms with Crippen LogP contribution in [0.4, 0.5) is 5.82 Å². The summed E-state index contributed by atoms with van der Waals surface area (Å²) in [5.41, 5.74) is 2.57. The predicted molar refractivity (Wildman–Crippen MR) is 200 cm³/mol. The average Bonchev–Trinajstić information content (AvgIpc) is 3.80. The highest BCUT2D eigenvalue weighted by Crippen LogP contribution is 2.43. The molecule has 54 heavy (non-hydrogen) atoms. The van der Waals surface area contributed by atoms with Gasteiger partial charge in [0.25, 0.3) is 5.91 Å². The molecule has 1 amide bonds. The molecular weight excluding hydrogens is 690 g/mol. The van der Waals surface area contributed by atoms with Crippen molar-refractivity contribution >= 4 is 22.9 Å². The summed E-state index contributed by atoms with van der Waals surface area (Å²) in [6.07, 6.45) is -0.866. The summed E-state index contributed by atoms with van der Waals surface area (Å²) in [5, 5.41) is 14.7. The molecule has 0 saturated carbocycles. The third-order valence-electron chi connectivity index (χ3n) is 9.45. The number of carbonyl (C=O) groups is 1. The number of amides is 1. The van der Waals surface area contributed by atoms with E-state index < -0.39 is 30.1 Å². The second kappa shape index (κ2) is 16.5. The van der Waals surface area contributed by atoms with Crippen molar-refractivity contribution in [1.29, 1.82) is 0 Å².